The van der Waals surface area contributed by atoms with Crippen LogP contribution in [0.1, 0.15) is 0 Å². The lowest BCUT2D eigenvalue weighted by Gasteiger charge is -1.99. The van der Waals surface area contributed by atoms with Crippen molar-refractivity contribution in [1.82, 2.24) is 4.90 Å². The van der Waals surface area contributed by atoms with Crippen LogP contribution < -0.4 is 0 Å². The van der Waals surface area contributed by atoms with Gasteiger partial charge in [0.05, 0.1) is 0 Å². The molecule has 0 saturated heterocycles. The predicted molar refractivity (Wildman–Crippen MR) is 23.6 cm³/mol. The highest BCUT2D eigenvalue weighted by atomic mass is 16.4. The molecule has 0 aromatic rings. The second-order valence-corrected chi connectivity index (χ2v) is 1.18. The summed E-state index contributed by atoms with van der Waals surface area (Å²) in [6, 6.07) is 0. The molecular formula is C3H8NO3. The lowest BCUT2D eigenvalue weighted by molar-refractivity contribution is 0.165. The van der Waals surface area contributed by atoms with Crippen LogP contribution in [0.2, 0.25) is 0 Å². The van der Waals surface area contributed by atoms with Crippen LogP contribution in [0, 0.1) is 0 Å². The van der Waals surface area contributed by atoms with Crippen LogP contribution in [0.25, 0.3) is 0 Å². The molecule has 1 radical (unpaired) electrons. The zero-order valence-corrected chi connectivity index (χ0v) is 4.25. The Hall–Kier alpha value is -0.770. The molecule has 4 heteroatoms. The Morgan fingerprint density at radius 3 is 1.71 bits per heavy atom. The normalized spacial score (nSPS) is 6.57. The zero-order valence-electron chi connectivity index (χ0n) is 4.25. The standard InChI is InChI=1S/C3H7NO2.HO/c1-4(2)3(5)6;/h1-2H3,(H,5,6);1H. The van der Waals surface area contributed by atoms with E-state index in [9.17, 15) is 4.79 Å². The molecule has 0 heterocycles. The van der Waals surface area contributed by atoms with Gasteiger partial charge in [0.2, 0.25) is 0 Å². The molecule has 43 valence electrons. The van der Waals surface area contributed by atoms with Gasteiger partial charge in [-0.25, -0.2) is 4.79 Å². The van der Waals surface area contributed by atoms with Gasteiger partial charge in [-0.15, -0.1) is 0 Å². The van der Waals surface area contributed by atoms with Gasteiger partial charge in [-0.1, -0.05) is 0 Å². The number of hydrogen-bond acceptors (Lipinski definition) is 1. The predicted octanol–water partition coefficient (Wildman–Crippen LogP) is 0.0492. The van der Waals surface area contributed by atoms with E-state index in [0.717, 1.165) is 4.90 Å². The summed E-state index contributed by atoms with van der Waals surface area (Å²) in [7, 11) is 2.95. The van der Waals surface area contributed by atoms with Crippen molar-refractivity contribution < 1.29 is 15.4 Å². The van der Waals surface area contributed by atoms with E-state index in [4.69, 9.17) is 5.11 Å². The maximum absolute atomic E-state index is 9.62. The molecule has 0 aliphatic heterocycles. The van der Waals surface area contributed by atoms with Gasteiger partial charge in [0.25, 0.3) is 0 Å². The molecule has 0 bridgehead atoms. The Morgan fingerprint density at radius 1 is 1.57 bits per heavy atom. The smallest absolute Gasteiger partial charge is 0.406 e. The van der Waals surface area contributed by atoms with E-state index < -0.39 is 6.09 Å². The molecule has 0 aliphatic carbocycles. The van der Waals surface area contributed by atoms with E-state index in [2.05, 4.69) is 0 Å². The first-order valence-corrected chi connectivity index (χ1v) is 1.55. The highest BCUT2D eigenvalue weighted by molar-refractivity contribution is 5.63. The van der Waals surface area contributed by atoms with Gasteiger partial charge in [-0.2, -0.15) is 0 Å². The van der Waals surface area contributed by atoms with Crippen molar-refractivity contribution in [3.8, 4) is 0 Å². The van der Waals surface area contributed by atoms with E-state index in [-0.39, 0.29) is 5.48 Å². The summed E-state index contributed by atoms with van der Waals surface area (Å²) in [4.78, 5) is 10.7. The SMILES string of the molecule is CN(C)C(=O)O.[OH]. The molecule has 2 N–H and O–H groups in total. The molecule has 0 saturated carbocycles. The lowest BCUT2D eigenvalue weighted by Crippen LogP contribution is -2.18. The number of rotatable bonds is 0. The topological polar surface area (TPSA) is 70.5 Å². The Morgan fingerprint density at radius 2 is 1.71 bits per heavy atom. The van der Waals surface area contributed by atoms with Crippen LogP contribution in [0.5, 0.6) is 0 Å². The van der Waals surface area contributed by atoms with Crippen molar-refractivity contribution in [2.75, 3.05) is 14.1 Å². The molecule has 0 atom stereocenters. The fourth-order valence-electron chi connectivity index (χ4n) is 0. The minimum absolute atomic E-state index is 0. The molecule has 0 spiro atoms. The molecule has 1 amide bonds. The Kier molecular flexibility index (Phi) is 4.65. The third kappa shape index (κ3) is 5.23. The lowest BCUT2D eigenvalue weighted by atomic mass is 10.9. The Bertz CT molecular complexity index is 61.2. The van der Waals surface area contributed by atoms with Gasteiger partial charge in [0.1, 0.15) is 0 Å². The van der Waals surface area contributed by atoms with Gasteiger partial charge in [0, 0.05) is 14.1 Å². The average Bonchev–Trinajstić information content (AvgIpc) is 1.36. The summed E-state index contributed by atoms with van der Waals surface area (Å²) < 4.78 is 0. The number of nitrogens with zero attached hydrogens (tertiary/aromatic N) is 1. The molecule has 0 aromatic carbocycles. The first kappa shape index (κ1) is 9.52. The molecule has 4 nitrogen and oxygen atoms in total. The first-order valence-electron chi connectivity index (χ1n) is 1.55. The van der Waals surface area contributed by atoms with E-state index in [0.29, 0.717) is 0 Å². The third-order valence-corrected chi connectivity index (χ3v) is 0.383. The van der Waals surface area contributed by atoms with Crippen molar-refractivity contribution in [2.24, 2.45) is 0 Å². The molecule has 0 fully saturated rings. The van der Waals surface area contributed by atoms with E-state index in [1.54, 1.807) is 0 Å². The molecule has 7 heavy (non-hydrogen) atoms. The molecule has 0 unspecified atom stereocenters. The summed E-state index contributed by atoms with van der Waals surface area (Å²) in [5.74, 6) is 0. The van der Waals surface area contributed by atoms with Gasteiger partial charge < -0.3 is 10.0 Å². The van der Waals surface area contributed by atoms with Crippen LogP contribution in [-0.2, 0) is 0 Å². The van der Waals surface area contributed by atoms with Crippen LogP contribution in [0.15, 0.2) is 0 Å². The first-order chi connectivity index (χ1) is 2.64. The van der Waals surface area contributed by atoms with Crippen LogP contribution in [0.3, 0.4) is 0 Å². The van der Waals surface area contributed by atoms with Crippen molar-refractivity contribution in [1.29, 1.82) is 0 Å². The van der Waals surface area contributed by atoms with Gasteiger partial charge in [0.15, 0.2) is 0 Å². The van der Waals surface area contributed by atoms with Crippen LogP contribution in [0.4, 0.5) is 4.79 Å². The number of carbonyl (C=O) groups is 1. The maximum atomic E-state index is 9.62. The quantitative estimate of drug-likeness (QED) is 0.458. The highest BCUT2D eigenvalue weighted by Crippen LogP contribution is 1.69. The Balaban J connectivity index is 0. The zero-order chi connectivity index (χ0) is 5.15. The van der Waals surface area contributed by atoms with E-state index >= 15 is 0 Å². The Labute approximate surface area is 41.7 Å². The highest BCUT2D eigenvalue weighted by Gasteiger charge is 1.91. The van der Waals surface area contributed by atoms with Gasteiger partial charge >= 0.3 is 6.09 Å². The molecular weight excluding hydrogens is 98.0 g/mol. The largest absolute Gasteiger partial charge is 0.465 e. The molecule has 0 rings (SSSR count). The number of carboxylic acid groups (broad SMARTS) is 1. The fraction of sp³-hybridized carbons (Fsp3) is 0.667. The minimum atomic E-state index is -0.907. The second-order valence-electron chi connectivity index (χ2n) is 1.18. The number of hydrogen-bond donors (Lipinski definition) is 2. The van der Waals surface area contributed by atoms with Crippen molar-refractivity contribution in [3.63, 3.8) is 0 Å². The maximum Gasteiger partial charge on any atom is 0.406 e. The average molecular weight is 106 g/mol. The summed E-state index contributed by atoms with van der Waals surface area (Å²) in [5.41, 5.74) is 0. The molecule has 0 aromatic heterocycles. The van der Waals surface area contributed by atoms with Crippen LogP contribution in [-0.4, -0.2) is 35.7 Å². The summed E-state index contributed by atoms with van der Waals surface area (Å²) in [6.07, 6.45) is -0.907. The van der Waals surface area contributed by atoms with Gasteiger partial charge in [-0.3, -0.25) is 5.48 Å². The second kappa shape index (κ2) is 3.42. The van der Waals surface area contributed by atoms with Crippen molar-refractivity contribution in [2.45, 2.75) is 0 Å². The van der Waals surface area contributed by atoms with Gasteiger partial charge in [-0.05, 0) is 0 Å². The minimum Gasteiger partial charge on any atom is -0.465 e. The van der Waals surface area contributed by atoms with Crippen LogP contribution >= 0.6 is 0 Å². The van der Waals surface area contributed by atoms with Crippen molar-refractivity contribution >= 4 is 6.09 Å². The monoisotopic (exact) mass is 106 g/mol. The third-order valence-electron chi connectivity index (χ3n) is 0.383. The summed E-state index contributed by atoms with van der Waals surface area (Å²) in [5, 5.41) is 7.92. The van der Waals surface area contributed by atoms with E-state index in [1.165, 1.54) is 14.1 Å². The summed E-state index contributed by atoms with van der Waals surface area (Å²) >= 11 is 0. The van der Waals surface area contributed by atoms with Crippen molar-refractivity contribution in [3.05, 3.63) is 0 Å². The summed E-state index contributed by atoms with van der Waals surface area (Å²) in [6.45, 7) is 0. The fourth-order valence-corrected chi connectivity index (χ4v) is 0. The van der Waals surface area contributed by atoms with E-state index in [1.807, 2.05) is 0 Å². The number of amides is 1. The molecule has 0 aliphatic rings.